The molecule has 4 heteroatoms. The summed E-state index contributed by atoms with van der Waals surface area (Å²) in [6.07, 6.45) is 3.71. The largest absolute Gasteiger partial charge is 0.349 e. The lowest BCUT2D eigenvalue weighted by molar-refractivity contribution is -0.126. The maximum absolute atomic E-state index is 12.3. The maximum atomic E-state index is 12.3. The molecule has 2 unspecified atom stereocenters. The van der Waals surface area contributed by atoms with Gasteiger partial charge in [0.15, 0.2) is 0 Å². The molecule has 0 bridgehead atoms. The number of carbonyl (C=O) groups excluding carboxylic acids is 1. The van der Waals surface area contributed by atoms with Crippen molar-refractivity contribution in [3.8, 4) is 0 Å². The SMILES string of the molecule is CC1(C(=O)NC2CCCc3ccccc32)CC1(Cl)Cl. The van der Waals surface area contributed by atoms with Crippen molar-refractivity contribution < 1.29 is 4.79 Å². The van der Waals surface area contributed by atoms with Crippen molar-refractivity contribution in [2.75, 3.05) is 0 Å². The molecule has 2 aliphatic rings. The number of nitrogens with one attached hydrogen (secondary N) is 1. The fraction of sp³-hybridized carbons (Fsp3) is 0.533. The Labute approximate surface area is 123 Å². The van der Waals surface area contributed by atoms with Crippen molar-refractivity contribution in [2.24, 2.45) is 5.41 Å². The standard InChI is InChI=1S/C15H17Cl2NO/c1-14(9-15(14,16)17)13(19)18-12-8-4-6-10-5-2-3-7-11(10)12/h2-3,5,7,12H,4,6,8-9H2,1H3,(H,18,19). The molecule has 3 rings (SSSR count). The summed E-state index contributed by atoms with van der Waals surface area (Å²) in [7, 11) is 0. The first-order valence-corrected chi connectivity index (χ1v) is 7.46. The molecule has 19 heavy (non-hydrogen) atoms. The van der Waals surface area contributed by atoms with E-state index in [2.05, 4.69) is 17.4 Å². The quantitative estimate of drug-likeness (QED) is 0.827. The number of halogens is 2. The van der Waals surface area contributed by atoms with Crippen LogP contribution in [0.2, 0.25) is 0 Å². The van der Waals surface area contributed by atoms with Gasteiger partial charge in [0, 0.05) is 0 Å². The zero-order valence-corrected chi connectivity index (χ0v) is 12.4. The van der Waals surface area contributed by atoms with Crippen LogP contribution in [-0.2, 0) is 11.2 Å². The maximum Gasteiger partial charge on any atom is 0.229 e. The highest BCUT2D eigenvalue weighted by molar-refractivity contribution is 6.53. The third-order valence-corrected chi connectivity index (χ3v) is 5.54. The molecule has 0 aliphatic heterocycles. The van der Waals surface area contributed by atoms with Crippen LogP contribution in [0.1, 0.15) is 43.4 Å². The van der Waals surface area contributed by atoms with Crippen LogP contribution in [0.4, 0.5) is 0 Å². The van der Waals surface area contributed by atoms with Gasteiger partial charge in [-0.15, -0.1) is 23.2 Å². The number of benzene rings is 1. The van der Waals surface area contributed by atoms with Gasteiger partial charge >= 0.3 is 0 Å². The molecule has 0 saturated heterocycles. The van der Waals surface area contributed by atoms with Crippen LogP contribution in [-0.4, -0.2) is 10.2 Å². The molecule has 0 radical (unpaired) electrons. The highest BCUT2D eigenvalue weighted by Crippen LogP contribution is 2.64. The van der Waals surface area contributed by atoms with Crippen LogP contribution in [0.3, 0.4) is 0 Å². The number of amides is 1. The molecule has 1 aromatic rings. The van der Waals surface area contributed by atoms with Crippen molar-refractivity contribution in [1.82, 2.24) is 5.32 Å². The van der Waals surface area contributed by atoms with Gasteiger partial charge in [-0.3, -0.25) is 4.79 Å². The predicted molar refractivity (Wildman–Crippen MR) is 77.4 cm³/mol. The second-order valence-electron chi connectivity index (χ2n) is 5.83. The van der Waals surface area contributed by atoms with E-state index in [0.29, 0.717) is 6.42 Å². The Morgan fingerprint density at radius 3 is 2.74 bits per heavy atom. The molecule has 1 N–H and O–H groups in total. The van der Waals surface area contributed by atoms with E-state index in [1.165, 1.54) is 11.1 Å². The molecule has 2 aliphatic carbocycles. The lowest BCUT2D eigenvalue weighted by atomic mass is 9.87. The van der Waals surface area contributed by atoms with E-state index in [-0.39, 0.29) is 11.9 Å². The minimum Gasteiger partial charge on any atom is -0.349 e. The summed E-state index contributed by atoms with van der Waals surface area (Å²) in [4.78, 5) is 12.3. The average Bonchev–Trinajstić information content (AvgIpc) is 2.90. The average molecular weight is 298 g/mol. The summed E-state index contributed by atoms with van der Waals surface area (Å²) in [5.41, 5.74) is 1.94. The lowest BCUT2D eigenvalue weighted by Crippen LogP contribution is -2.37. The number of alkyl halides is 2. The number of aryl methyl sites for hydroxylation is 1. The van der Waals surface area contributed by atoms with Gasteiger partial charge in [0.2, 0.25) is 5.91 Å². The Bertz CT molecular complexity index is 529. The summed E-state index contributed by atoms with van der Waals surface area (Å²) >= 11 is 12.1. The Hall–Kier alpha value is -0.730. The molecular weight excluding hydrogens is 281 g/mol. The fourth-order valence-corrected chi connectivity index (χ4v) is 3.57. The van der Waals surface area contributed by atoms with Crippen molar-refractivity contribution in [3.05, 3.63) is 35.4 Å². The summed E-state index contributed by atoms with van der Waals surface area (Å²) in [6.45, 7) is 1.83. The first kappa shape index (κ1) is 13.3. The van der Waals surface area contributed by atoms with Crippen LogP contribution in [0.15, 0.2) is 24.3 Å². The highest BCUT2D eigenvalue weighted by atomic mass is 35.5. The Balaban J connectivity index is 1.77. The summed E-state index contributed by atoms with van der Waals surface area (Å²) in [5.74, 6) is -0.0285. The number of fused-ring (bicyclic) bond motifs is 1. The monoisotopic (exact) mass is 297 g/mol. The molecular formula is C15H17Cl2NO. The molecule has 102 valence electrons. The molecule has 2 atom stereocenters. The summed E-state index contributed by atoms with van der Waals surface area (Å²) < 4.78 is -0.898. The number of hydrogen-bond acceptors (Lipinski definition) is 1. The van der Waals surface area contributed by atoms with Gasteiger partial charge in [-0.1, -0.05) is 24.3 Å². The third-order valence-electron chi connectivity index (χ3n) is 4.43. The van der Waals surface area contributed by atoms with Crippen LogP contribution < -0.4 is 5.32 Å². The van der Waals surface area contributed by atoms with Crippen LogP contribution in [0.5, 0.6) is 0 Å². The fourth-order valence-electron chi connectivity index (χ4n) is 2.87. The zero-order valence-electron chi connectivity index (χ0n) is 10.9. The molecule has 0 heterocycles. The highest BCUT2D eigenvalue weighted by Gasteiger charge is 2.68. The summed E-state index contributed by atoms with van der Waals surface area (Å²) in [6, 6.07) is 8.41. The molecule has 1 saturated carbocycles. The van der Waals surface area contributed by atoms with E-state index in [1.54, 1.807) is 0 Å². The smallest absolute Gasteiger partial charge is 0.229 e. The second-order valence-corrected chi connectivity index (χ2v) is 7.31. The summed E-state index contributed by atoms with van der Waals surface area (Å²) in [5, 5.41) is 3.13. The Morgan fingerprint density at radius 2 is 2.05 bits per heavy atom. The minimum atomic E-state index is -0.898. The minimum absolute atomic E-state index is 0.0285. The van der Waals surface area contributed by atoms with Crippen LogP contribution >= 0.6 is 23.2 Å². The third kappa shape index (κ3) is 2.15. The van der Waals surface area contributed by atoms with E-state index in [0.717, 1.165) is 19.3 Å². The lowest BCUT2D eigenvalue weighted by Gasteiger charge is -2.27. The first-order valence-electron chi connectivity index (χ1n) is 6.71. The van der Waals surface area contributed by atoms with Crippen LogP contribution in [0.25, 0.3) is 0 Å². The zero-order chi connectivity index (χ0) is 13.7. The molecule has 0 aromatic heterocycles. The van der Waals surface area contributed by atoms with E-state index in [1.807, 2.05) is 19.1 Å². The van der Waals surface area contributed by atoms with Gasteiger partial charge < -0.3 is 5.32 Å². The molecule has 1 fully saturated rings. The number of carbonyl (C=O) groups is 1. The number of rotatable bonds is 2. The van der Waals surface area contributed by atoms with Gasteiger partial charge in [-0.25, -0.2) is 0 Å². The van der Waals surface area contributed by atoms with Crippen molar-refractivity contribution in [1.29, 1.82) is 0 Å². The van der Waals surface area contributed by atoms with E-state index in [4.69, 9.17) is 23.2 Å². The molecule has 1 aromatic carbocycles. The number of hydrogen-bond donors (Lipinski definition) is 1. The first-order chi connectivity index (χ1) is 8.94. The molecule has 2 nitrogen and oxygen atoms in total. The van der Waals surface area contributed by atoms with Gasteiger partial charge in [0.1, 0.15) is 4.33 Å². The second kappa shape index (κ2) is 4.39. The van der Waals surface area contributed by atoms with Gasteiger partial charge in [-0.2, -0.15) is 0 Å². The van der Waals surface area contributed by atoms with Crippen LogP contribution in [0, 0.1) is 5.41 Å². The predicted octanol–water partition coefficient (Wildman–Crippen LogP) is 3.76. The Kier molecular flexibility index (Phi) is 3.06. The van der Waals surface area contributed by atoms with Crippen molar-refractivity contribution in [3.63, 3.8) is 0 Å². The van der Waals surface area contributed by atoms with Gasteiger partial charge in [0.25, 0.3) is 0 Å². The van der Waals surface area contributed by atoms with E-state index in [9.17, 15) is 4.79 Å². The van der Waals surface area contributed by atoms with Crippen molar-refractivity contribution >= 4 is 29.1 Å². The Morgan fingerprint density at radius 1 is 1.37 bits per heavy atom. The van der Waals surface area contributed by atoms with E-state index >= 15 is 0 Å². The van der Waals surface area contributed by atoms with E-state index < -0.39 is 9.75 Å². The van der Waals surface area contributed by atoms with Gasteiger partial charge in [0.05, 0.1) is 11.5 Å². The van der Waals surface area contributed by atoms with Crippen molar-refractivity contribution in [2.45, 2.75) is 43.0 Å². The molecule has 0 spiro atoms. The topological polar surface area (TPSA) is 29.1 Å². The van der Waals surface area contributed by atoms with Gasteiger partial charge in [-0.05, 0) is 43.7 Å². The normalized spacial score (nSPS) is 31.4. The molecule has 1 amide bonds.